The van der Waals surface area contributed by atoms with Gasteiger partial charge in [-0.15, -0.1) is 0 Å². The Morgan fingerprint density at radius 2 is 0.852 bits per heavy atom. The average molecular weight is 689 g/mol. The Morgan fingerprint density at radius 1 is 0.333 bits per heavy atom. The molecule has 0 saturated heterocycles. The molecule has 0 aliphatic carbocycles. The molecule has 1 aromatic heterocycles. The molecule has 0 N–H and O–H groups in total. The van der Waals surface area contributed by atoms with Crippen LogP contribution in [0.15, 0.2) is 218 Å². The van der Waals surface area contributed by atoms with Gasteiger partial charge >= 0.3 is 0 Å². The van der Waals surface area contributed by atoms with Crippen LogP contribution in [0, 0.1) is 0 Å². The van der Waals surface area contributed by atoms with Crippen molar-refractivity contribution >= 4 is 49.6 Å². The van der Waals surface area contributed by atoms with Crippen LogP contribution in [-0.4, -0.2) is 4.57 Å². The SMILES string of the molecule is c1ccc(-c2cccc(N(c3ccccc3-c3ccccc3)c3ccccc3-c3c(-n4c5ccccc5c5ccccc54)ccc4ccccc34)c2)cc1. The molecular weight excluding hydrogens is 653 g/mol. The van der Waals surface area contributed by atoms with Gasteiger partial charge in [-0.25, -0.2) is 0 Å². The fraction of sp³-hybridized carbons (Fsp3) is 0. The number of nitrogens with zero attached hydrogens (tertiary/aromatic N) is 2. The highest BCUT2D eigenvalue weighted by Gasteiger charge is 2.24. The molecule has 254 valence electrons. The van der Waals surface area contributed by atoms with E-state index in [0.29, 0.717) is 0 Å². The molecule has 10 rings (SSSR count). The zero-order valence-corrected chi connectivity index (χ0v) is 29.7. The predicted octanol–water partition coefficient (Wildman–Crippen LogP) is 14.4. The van der Waals surface area contributed by atoms with Gasteiger partial charge in [0, 0.05) is 33.2 Å². The molecule has 0 unspecified atom stereocenters. The third-order valence-electron chi connectivity index (χ3n) is 10.6. The first-order valence-electron chi connectivity index (χ1n) is 18.5. The van der Waals surface area contributed by atoms with Crippen molar-refractivity contribution in [2.24, 2.45) is 0 Å². The summed E-state index contributed by atoms with van der Waals surface area (Å²) in [5, 5.41) is 4.90. The lowest BCUT2D eigenvalue weighted by molar-refractivity contribution is 1.18. The van der Waals surface area contributed by atoms with E-state index in [0.717, 1.165) is 28.3 Å². The predicted molar refractivity (Wildman–Crippen MR) is 229 cm³/mol. The summed E-state index contributed by atoms with van der Waals surface area (Å²) in [6, 6.07) is 79.0. The van der Waals surface area contributed by atoms with Crippen LogP contribution in [0.25, 0.3) is 71.6 Å². The highest BCUT2D eigenvalue weighted by atomic mass is 15.1. The first-order valence-corrected chi connectivity index (χ1v) is 18.5. The third kappa shape index (κ3) is 5.36. The summed E-state index contributed by atoms with van der Waals surface area (Å²) in [4.78, 5) is 2.46. The van der Waals surface area contributed by atoms with Crippen molar-refractivity contribution in [1.82, 2.24) is 4.57 Å². The molecule has 0 fully saturated rings. The maximum absolute atomic E-state index is 2.46. The first-order chi connectivity index (χ1) is 26.8. The van der Waals surface area contributed by atoms with Crippen molar-refractivity contribution in [3.8, 4) is 39.1 Å². The normalized spacial score (nSPS) is 11.3. The minimum absolute atomic E-state index is 1.09. The Kier molecular flexibility index (Phi) is 7.85. The molecule has 0 saturated carbocycles. The molecule has 1 heterocycles. The first kappa shape index (κ1) is 31.6. The lowest BCUT2D eigenvalue weighted by atomic mass is 9.93. The van der Waals surface area contributed by atoms with E-state index >= 15 is 0 Å². The van der Waals surface area contributed by atoms with Gasteiger partial charge in [0.2, 0.25) is 0 Å². The lowest BCUT2D eigenvalue weighted by Crippen LogP contribution is -2.13. The smallest absolute Gasteiger partial charge is 0.0547 e. The molecule has 9 aromatic carbocycles. The van der Waals surface area contributed by atoms with Crippen LogP contribution >= 0.6 is 0 Å². The average Bonchev–Trinajstić information content (AvgIpc) is 3.59. The molecule has 10 aromatic rings. The van der Waals surface area contributed by atoms with Crippen molar-refractivity contribution in [3.05, 3.63) is 218 Å². The molecule has 0 bridgehead atoms. The summed E-state index contributed by atoms with van der Waals surface area (Å²) in [5.41, 5.74) is 13.9. The van der Waals surface area contributed by atoms with Gasteiger partial charge in [0.05, 0.1) is 28.1 Å². The van der Waals surface area contributed by atoms with Gasteiger partial charge in [-0.3, -0.25) is 0 Å². The van der Waals surface area contributed by atoms with E-state index in [2.05, 4.69) is 228 Å². The number of anilines is 3. The minimum Gasteiger partial charge on any atom is -0.309 e. The van der Waals surface area contributed by atoms with E-state index in [-0.39, 0.29) is 0 Å². The zero-order chi connectivity index (χ0) is 35.8. The summed E-state index contributed by atoms with van der Waals surface area (Å²) < 4.78 is 2.46. The summed E-state index contributed by atoms with van der Waals surface area (Å²) in [6.07, 6.45) is 0. The molecule has 0 aliphatic rings. The van der Waals surface area contributed by atoms with Crippen molar-refractivity contribution in [2.45, 2.75) is 0 Å². The van der Waals surface area contributed by atoms with Gasteiger partial charge in [-0.05, 0) is 69.9 Å². The Morgan fingerprint density at radius 3 is 1.56 bits per heavy atom. The van der Waals surface area contributed by atoms with Crippen molar-refractivity contribution in [2.75, 3.05) is 4.90 Å². The van der Waals surface area contributed by atoms with Crippen molar-refractivity contribution in [1.29, 1.82) is 0 Å². The van der Waals surface area contributed by atoms with Gasteiger partial charge in [-0.1, -0.05) is 176 Å². The Balaban J connectivity index is 1.30. The number of aromatic nitrogens is 1. The fourth-order valence-electron chi connectivity index (χ4n) is 8.19. The maximum Gasteiger partial charge on any atom is 0.0547 e. The van der Waals surface area contributed by atoms with E-state index in [1.54, 1.807) is 0 Å². The van der Waals surface area contributed by atoms with E-state index in [1.807, 2.05) is 0 Å². The van der Waals surface area contributed by atoms with Crippen LogP contribution in [0.2, 0.25) is 0 Å². The van der Waals surface area contributed by atoms with Crippen molar-refractivity contribution in [3.63, 3.8) is 0 Å². The maximum atomic E-state index is 2.46. The largest absolute Gasteiger partial charge is 0.309 e. The number of benzene rings is 9. The van der Waals surface area contributed by atoms with Crippen molar-refractivity contribution < 1.29 is 0 Å². The Labute approximate surface area is 315 Å². The summed E-state index contributed by atoms with van der Waals surface area (Å²) >= 11 is 0. The molecule has 0 aliphatic heterocycles. The Bertz CT molecular complexity index is 2890. The quantitative estimate of drug-likeness (QED) is 0.162. The molecule has 0 radical (unpaired) electrons. The molecule has 0 amide bonds. The minimum atomic E-state index is 1.09. The summed E-state index contributed by atoms with van der Waals surface area (Å²) in [6.45, 7) is 0. The summed E-state index contributed by atoms with van der Waals surface area (Å²) in [5.74, 6) is 0. The molecule has 2 heteroatoms. The van der Waals surface area contributed by atoms with Gasteiger partial charge < -0.3 is 9.47 Å². The zero-order valence-electron chi connectivity index (χ0n) is 29.7. The summed E-state index contributed by atoms with van der Waals surface area (Å²) in [7, 11) is 0. The third-order valence-corrected chi connectivity index (χ3v) is 10.6. The monoisotopic (exact) mass is 688 g/mol. The van der Waals surface area contributed by atoms with Crippen LogP contribution in [0.4, 0.5) is 17.1 Å². The number of hydrogen-bond donors (Lipinski definition) is 0. The number of fused-ring (bicyclic) bond motifs is 4. The number of hydrogen-bond acceptors (Lipinski definition) is 1. The van der Waals surface area contributed by atoms with Gasteiger partial charge in [0.15, 0.2) is 0 Å². The van der Waals surface area contributed by atoms with E-state index in [1.165, 1.54) is 60.4 Å². The standard InChI is InChI=1S/C52H36N2/c1-3-18-37(19-4-1)40-23-17-24-41(36-40)53(47-30-13-9-25-42(47)38-20-5-2-6-21-38)50-33-16-12-29-46(50)52-43-26-8-7-22-39(43)34-35-51(52)54-48-31-14-10-27-44(48)45-28-11-15-32-49(45)54/h1-36H. The van der Waals surface area contributed by atoms with E-state index in [9.17, 15) is 0 Å². The highest BCUT2D eigenvalue weighted by molar-refractivity contribution is 6.12. The molecule has 0 atom stereocenters. The second kappa shape index (κ2) is 13.4. The molecular formula is C52H36N2. The molecule has 2 nitrogen and oxygen atoms in total. The fourth-order valence-corrected chi connectivity index (χ4v) is 8.19. The van der Waals surface area contributed by atoms with Gasteiger partial charge in [0.25, 0.3) is 0 Å². The lowest BCUT2D eigenvalue weighted by Gasteiger charge is -2.31. The van der Waals surface area contributed by atoms with Crippen LogP contribution in [0.5, 0.6) is 0 Å². The van der Waals surface area contributed by atoms with E-state index < -0.39 is 0 Å². The number of rotatable bonds is 7. The second-order valence-electron chi connectivity index (χ2n) is 13.7. The van der Waals surface area contributed by atoms with Gasteiger partial charge in [0.1, 0.15) is 0 Å². The van der Waals surface area contributed by atoms with E-state index in [4.69, 9.17) is 0 Å². The molecule has 0 spiro atoms. The molecule has 54 heavy (non-hydrogen) atoms. The highest BCUT2D eigenvalue weighted by Crippen LogP contribution is 2.48. The van der Waals surface area contributed by atoms with Crippen LogP contribution in [0.1, 0.15) is 0 Å². The Hall–Kier alpha value is -7.16. The van der Waals surface area contributed by atoms with Crippen LogP contribution < -0.4 is 4.90 Å². The second-order valence-corrected chi connectivity index (χ2v) is 13.7. The van der Waals surface area contributed by atoms with Crippen LogP contribution in [-0.2, 0) is 0 Å². The van der Waals surface area contributed by atoms with Crippen LogP contribution in [0.3, 0.4) is 0 Å². The van der Waals surface area contributed by atoms with Gasteiger partial charge in [-0.2, -0.15) is 0 Å². The topological polar surface area (TPSA) is 8.17 Å². The number of para-hydroxylation sites is 4.